The normalized spacial score (nSPS) is 14.1. The number of esters is 4. The Kier molecular flexibility index (Phi) is 75.4. The molecule has 0 saturated carbocycles. The van der Waals surface area contributed by atoms with Crippen LogP contribution in [0.3, 0.4) is 0 Å². The minimum Gasteiger partial charge on any atom is -0.462 e. The van der Waals surface area contributed by atoms with E-state index in [1.807, 2.05) is 0 Å². The Bertz CT molecular complexity index is 1960. The van der Waals surface area contributed by atoms with Crippen molar-refractivity contribution < 1.29 is 80.2 Å². The van der Waals surface area contributed by atoms with Gasteiger partial charge in [-0.2, -0.15) is 0 Å². The van der Waals surface area contributed by atoms with Crippen LogP contribution in [0.15, 0.2) is 0 Å². The monoisotopic (exact) mass is 1510 g/mol. The number of aliphatic hydroxyl groups is 1. The molecule has 0 aliphatic carbocycles. The summed E-state index contributed by atoms with van der Waals surface area (Å²) in [7, 11) is -9.92. The highest BCUT2D eigenvalue weighted by Crippen LogP contribution is 2.45. The van der Waals surface area contributed by atoms with Gasteiger partial charge in [-0.05, 0) is 31.6 Å². The maximum absolute atomic E-state index is 13.1. The van der Waals surface area contributed by atoms with Gasteiger partial charge in [0.2, 0.25) is 0 Å². The SMILES string of the molecule is CCCCCCCCCCCCCCCCCCCCCC(=O)O[C@H](COC(=O)CCCCCCCCCCCCCCCCC(C)CC)COP(=O)(O)OC[C@@H](O)COP(=O)(O)OC[C@@H](COC(=O)CCCCCCCCCCCC)OC(=O)CCCCCCCCCCCCCCCCCC. The molecule has 612 valence electrons. The lowest BCUT2D eigenvalue weighted by Gasteiger charge is -2.21. The second-order valence-electron chi connectivity index (χ2n) is 30.5. The van der Waals surface area contributed by atoms with Gasteiger partial charge in [0.25, 0.3) is 0 Å². The molecule has 0 amide bonds. The van der Waals surface area contributed by atoms with Crippen molar-refractivity contribution >= 4 is 39.5 Å². The summed E-state index contributed by atoms with van der Waals surface area (Å²) in [5, 5.41) is 10.7. The third kappa shape index (κ3) is 76.6. The molecule has 0 spiro atoms. The van der Waals surface area contributed by atoms with E-state index in [1.165, 1.54) is 276 Å². The lowest BCUT2D eigenvalue weighted by Crippen LogP contribution is -2.30. The molecular formula is C84H164O17P2. The van der Waals surface area contributed by atoms with Crippen LogP contribution in [0.2, 0.25) is 0 Å². The summed E-state index contributed by atoms with van der Waals surface area (Å²) >= 11 is 0. The molecule has 0 aromatic rings. The van der Waals surface area contributed by atoms with Gasteiger partial charge in [-0.3, -0.25) is 37.3 Å². The minimum absolute atomic E-state index is 0.109. The lowest BCUT2D eigenvalue weighted by molar-refractivity contribution is -0.161. The Morgan fingerprint density at radius 2 is 0.466 bits per heavy atom. The molecule has 3 N–H and O–H groups in total. The summed E-state index contributed by atoms with van der Waals surface area (Å²) in [4.78, 5) is 73.1. The van der Waals surface area contributed by atoms with E-state index in [-0.39, 0.29) is 25.7 Å². The molecule has 0 aromatic heterocycles. The molecule has 0 bridgehead atoms. The van der Waals surface area contributed by atoms with Crippen LogP contribution in [0.4, 0.5) is 0 Å². The van der Waals surface area contributed by atoms with E-state index in [0.717, 1.165) is 95.8 Å². The highest BCUT2D eigenvalue weighted by Gasteiger charge is 2.30. The summed E-state index contributed by atoms with van der Waals surface area (Å²) in [6.45, 7) is 7.41. The summed E-state index contributed by atoms with van der Waals surface area (Å²) < 4.78 is 68.8. The summed E-state index contributed by atoms with van der Waals surface area (Å²) in [5.41, 5.74) is 0. The van der Waals surface area contributed by atoms with Crippen LogP contribution in [0.5, 0.6) is 0 Å². The maximum atomic E-state index is 13.1. The number of hydrogen-bond donors (Lipinski definition) is 3. The number of phosphoric ester groups is 2. The average Bonchev–Trinajstić information content (AvgIpc) is 0.932. The van der Waals surface area contributed by atoms with E-state index in [9.17, 15) is 43.2 Å². The van der Waals surface area contributed by atoms with Crippen LogP contribution in [-0.4, -0.2) is 96.7 Å². The second kappa shape index (κ2) is 76.8. The topological polar surface area (TPSA) is 237 Å². The van der Waals surface area contributed by atoms with Crippen LogP contribution in [0.25, 0.3) is 0 Å². The van der Waals surface area contributed by atoms with Crippen molar-refractivity contribution in [3.63, 3.8) is 0 Å². The first-order valence-electron chi connectivity index (χ1n) is 43.7. The van der Waals surface area contributed by atoms with Gasteiger partial charge in [0, 0.05) is 25.7 Å². The van der Waals surface area contributed by atoms with Crippen LogP contribution >= 0.6 is 15.6 Å². The molecule has 0 aliphatic heterocycles. The van der Waals surface area contributed by atoms with E-state index >= 15 is 0 Å². The molecule has 0 heterocycles. The third-order valence-corrected chi connectivity index (χ3v) is 22.0. The average molecular weight is 1510 g/mol. The van der Waals surface area contributed by atoms with Crippen LogP contribution in [0, 0.1) is 5.92 Å². The number of hydrogen-bond acceptors (Lipinski definition) is 15. The summed E-state index contributed by atoms with van der Waals surface area (Å²) in [5.74, 6) is -1.25. The molecule has 19 heteroatoms. The Hall–Kier alpha value is -1.94. The van der Waals surface area contributed by atoms with Gasteiger partial charge in [-0.15, -0.1) is 0 Å². The van der Waals surface area contributed by atoms with E-state index < -0.39 is 97.5 Å². The predicted octanol–water partition coefficient (Wildman–Crippen LogP) is 25.6. The fourth-order valence-corrected chi connectivity index (χ4v) is 14.7. The van der Waals surface area contributed by atoms with Crippen molar-refractivity contribution in [2.75, 3.05) is 39.6 Å². The van der Waals surface area contributed by atoms with Gasteiger partial charge >= 0.3 is 39.5 Å². The number of carbonyl (C=O) groups is 4. The van der Waals surface area contributed by atoms with Crippen molar-refractivity contribution in [2.24, 2.45) is 5.92 Å². The number of unbranched alkanes of at least 4 members (excludes halogenated alkanes) is 55. The first-order valence-corrected chi connectivity index (χ1v) is 46.7. The largest absolute Gasteiger partial charge is 0.472 e. The molecule has 3 unspecified atom stereocenters. The van der Waals surface area contributed by atoms with Crippen molar-refractivity contribution in [3.8, 4) is 0 Å². The van der Waals surface area contributed by atoms with Crippen molar-refractivity contribution in [3.05, 3.63) is 0 Å². The Balaban J connectivity index is 5.23. The van der Waals surface area contributed by atoms with Crippen LogP contribution < -0.4 is 0 Å². The zero-order chi connectivity index (χ0) is 75.5. The Morgan fingerprint density at radius 3 is 0.689 bits per heavy atom. The molecule has 0 fully saturated rings. The Morgan fingerprint density at radius 1 is 0.272 bits per heavy atom. The van der Waals surface area contributed by atoms with Crippen LogP contribution in [-0.2, 0) is 65.4 Å². The van der Waals surface area contributed by atoms with Gasteiger partial charge in [0.05, 0.1) is 26.4 Å². The lowest BCUT2D eigenvalue weighted by atomic mass is 9.99. The third-order valence-electron chi connectivity index (χ3n) is 20.1. The molecule has 6 atom stereocenters. The number of rotatable bonds is 84. The van der Waals surface area contributed by atoms with Gasteiger partial charge in [-0.1, -0.05) is 401 Å². The Labute approximate surface area is 632 Å². The summed E-state index contributed by atoms with van der Waals surface area (Å²) in [6.07, 6.45) is 69.3. The molecule has 0 aromatic carbocycles. The number of aliphatic hydroxyl groups excluding tert-OH is 1. The zero-order valence-corrected chi connectivity index (χ0v) is 69.3. The van der Waals surface area contributed by atoms with Crippen molar-refractivity contribution in [1.29, 1.82) is 0 Å². The second-order valence-corrected chi connectivity index (χ2v) is 33.4. The number of phosphoric acid groups is 2. The quantitative estimate of drug-likeness (QED) is 0.0222. The van der Waals surface area contributed by atoms with E-state index in [1.54, 1.807) is 0 Å². The highest BCUT2D eigenvalue weighted by molar-refractivity contribution is 7.47. The van der Waals surface area contributed by atoms with E-state index in [2.05, 4.69) is 34.6 Å². The highest BCUT2D eigenvalue weighted by atomic mass is 31.2. The molecule has 0 radical (unpaired) electrons. The zero-order valence-electron chi connectivity index (χ0n) is 67.5. The first kappa shape index (κ1) is 101. The molecule has 0 saturated heterocycles. The van der Waals surface area contributed by atoms with Crippen molar-refractivity contribution in [1.82, 2.24) is 0 Å². The van der Waals surface area contributed by atoms with Crippen LogP contribution in [0.1, 0.15) is 452 Å². The number of ether oxygens (including phenoxy) is 4. The molecule has 0 rings (SSSR count). The van der Waals surface area contributed by atoms with E-state index in [4.69, 9.17) is 37.0 Å². The van der Waals surface area contributed by atoms with Gasteiger partial charge in [-0.25, -0.2) is 9.13 Å². The fourth-order valence-electron chi connectivity index (χ4n) is 13.1. The molecular weight excluding hydrogens is 1340 g/mol. The smallest absolute Gasteiger partial charge is 0.462 e. The first-order chi connectivity index (χ1) is 50.1. The van der Waals surface area contributed by atoms with Gasteiger partial charge in [0.15, 0.2) is 12.2 Å². The van der Waals surface area contributed by atoms with Gasteiger partial charge in [0.1, 0.15) is 19.3 Å². The molecule has 103 heavy (non-hydrogen) atoms. The molecule has 17 nitrogen and oxygen atoms in total. The maximum Gasteiger partial charge on any atom is 0.472 e. The van der Waals surface area contributed by atoms with E-state index in [0.29, 0.717) is 25.7 Å². The standard InChI is InChI=1S/C84H164O17P2/c1-6-10-13-16-19-22-25-27-29-31-32-33-35-41-45-50-55-60-65-70-84(89)101-80(74-95-82(87)68-63-58-53-48-43-39-37-36-38-42-46-51-56-61-66-77(5)9-4)76-99-103(92,93)97-72-78(85)71-96-102(90,91)98-75-79(73-94-81(86)67-62-57-52-47-24-21-18-15-12-8-3)100-83(88)69-64-59-54-49-44-40-34-30-28-26-23-20-17-14-11-7-2/h77-80,85H,6-76H2,1-5H3,(H,90,91)(H,92,93)/t77?,78-,79+,80+/m0/s1. The van der Waals surface area contributed by atoms with Crippen molar-refractivity contribution in [2.45, 2.75) is 470 Å². The summed E-state index contributed by atoms with van der Waals surface area (Å²) in [6, 6.07) is 0. The minimum atomic E-state index is -4.96. The fraction of sp³-hybridized carbons (Fsp3) is 0.952. The van der Waals surface area contributed by atoms with Gasteiger partial charge < -0.3 is 33.8 Å². The number of carbonyl (C=O) groups excluding carboxylic acids is 4. The molecule has 0 aliphatic rings. The predicted molar refractivity (Wildman–Crippen MR) is 423 cm³/mol.